The fourth-order valence-corrected chi connectivity index (χ4v) is 3.06. The Morgan fingerprint density at radius 3 is 2.48 bits per heavy atom. The van der Waals surface area contributed by atoms with Gasteiger partial charge in [0.1, 0.15) is 6.04 Å². The number of hydrogen-bond donors (Lipinski definition) is 2. The van der Waals surface area contributed by atoms with Crippen molar-refractivity contribution >= 4 is 23.7 Å². The first kappa shape index (κ1) is 21.8. The van der Waals surface area contributed by atoms with E-state index in [4.69, 9.17) is 5.11 Å². The molecule has 0 saturated heterocycles. The number of carboxylic acids is 1. The Morgan fingerprint density at radius 1 is 1.03 bits per heavy atom. The number of hydrogen-bond acceptors (Lipinski definition) is 3. The summed E-state index contributed by atoms with van der Waals surface area (Å²) < 4.78 is 1.86. The SMILES string of the molecule is Cc1ccc(C(=O)c2cccn2C/C=C/c2cccc(C(=O)N[C@@H](C)C(=O)O)c2)cc1. The van der Waals surface area contributed by atoms with Gasteiger partial charge in [-0.1, -0.05) is 54.1 Å². The molecule has 158 valence electrons. The summed E-state index contributed by atoms with van der Waals surface area (Å²) in [6.45, 7) is 3.88. The lowest BCUT2D eigenvalue weighted by atomic mass is 10.1. The molecule has 0 aliphatic carbocycles. The third kappa shape index (κ3) is 5.57. The molecule has 3 aromatic rings. The van der Waals surface area contributed by atoms with Gasteiger partial charge in [0.05, 0.1) is 5.69 Å². The minimum absolute atomic E-state index is 0.0374. The van der Waals surface area contributed by atoms with Crippen LogP contribution >= 0.6 is 0 Å². The van der Waals surface area contributed by atoms with Gasteiger partial charge < -0.3 is 15.0 Å². The van der Waals surface area contributed by atoms with E-state index < -0.39 is 17.9 Å². The van der Waals surface area contributed by atoms with Gasteiger partial charge in [-0.15, -0.1) is 0 Å². The number of carbonyl (C=O) groups excluding carboxylic acids is 2. The topological polar surface area (TPSA) is 88.4 Å². The summed E-state index contributed by atoms with van der Waals surface area (Å²) in [7, 11) is 0. The molecule has 0 bridgehead atoms. The van der Waals surface area contributed by atoms with Gasteiger partial charge in [0.15, 0.2) is 0 Å². The fourth-order valence-electron chi connectivity index (χ4n) is 3.06. The number of rotatable bonds is 8. The summed E-state index contributed by atoms with van der Waals surface area (Å²) in [5.41, 5.74) is 3.52. The minimum atomic E-state index is -1.09. The Labute approximate surface area is 180 Å². The number of benzene rings is 2. The summed E-state index contributed by atoms with van der Waals surface area (Å²) in [4.78, 5) is 35.9. The molecule has 0 aliphatic rings. The second kappa shape index (κ2) is 9.71. The zero-order valence-corrected chi connectivity index (χ0v) is 17.4. The van der Waals surface area contributed by atoms with Crippen LogP contribution in [0.3, 0.4) is 0 Å². The molecule has 1 amide bonds. The van der Waals surface area contributed by atoms with E-state index >= 15 is 0 Å². The van der Waals surface area contributed by atoms with Crippen molar-refractivity contribution in [3.05, 3.63) is 101 Å². The minimum Gasteiger partial charge on any atom is -0.480 e. The predicted octanol–water partition coefficient (Wildman–Crippen LogP) is 3.94. The number of aryl methyl sites for hydroxylation is 1. The van der Waals surface area contributed by atoms with E-state index in [0.29, 0.717) is 23.4 Å². The van der Waals surface area contributed by atoms with Crippen molar-refractivity contribution in [3.63, 3.8) is 0 Å². The zero-order chi connectivity index (χ0) is 22.4. The molecular weight excluding hydrogens is 392 g/mol. The molecule has 0 spiro atoms. The number of ketones is 1. The van der Waals surface area contributed by atoms with Crippen molar-refractivity contribution in [1.29, 1.82) is 0 Å². The fraction of sp³-hybridized carbons (Fsp3) is 0.160. The van der Waals surface area contributed by atoms with Crippen LogP contribution in [0.25, 0.3) is 6.08 Å². The van der Waals surface area contributed by atoms with Gasteiger partial charge in [0.25, 0.3) is 5.91 Å². The van der Waals surface area contributed by atoms with Gasteiger partial charge in [-0.05, 0) is 43.7 Å². The molecular formula is C25H24N2O4. The van der Waals surface area contributed by atoms with E-state index in [9.17, 15) is 14.4 Å². The van der Waals surface area contributed by atoms with Crippen molar-refractivity contribution in [2.75, 3.05) is 0 Å². The summed E-state index contributed by atoms with van der Waals surface area (Å²) in [6.07, 6.45) is 5.61. The molecule has 0 radical (unpaired) electrons. The Kier molecular flexibility index (Phi) is 6.82. The van der Waals surface area contributed by atoms with Crippen molar-refractivity contribution in [2.45, 2.75) is 26.4 Å². The quantitative estimate of drug-likeness (QED) is 0.545. The molecule has 1 heterocycles. The van der Waals surface area contributed by atoms with Crippen molar-refractivity contribution in [2.24, 2.45) is 0 Å². The first-order valence-corrected chi connectivity index (χ1v) is 9.92. The van der Waals surface area contributed by atoms with E-state index in [0.717, 1.165) is 11.1 Å². The number of nitrogens with one attached hydrogen (secondary N) is 1. The van der Waals surface area contributed by atoms with E-state index in [-0.39, 0.29) is 5.78 Å². The molecule has 0 unspecified atom stereocenters. The number of allylic oxidation sites excluding steroid dienone is 1. The highest BCUT2D eigenvalue weighted by Gasteiger charge is 2.15. The molecule has 2 aromatic carbocycles. The number of aromatic nitrogens is 1. The molecule has 31 heavy (non-hydrogen) atoms. The van der Waals surface area contributed by atoms with E-state index in [1.54, 1.807) is 24.3 Å². The lowest BCUT2D eigenvalue weighted by molar-refractivity contribution is -0.138. The van der Waals surface area contributed by atoms with Gasteiger partial charge in [-0.3, -0.25) is 14.4 Å². The summed E-state index contributed by atoms with van der Waals surface area (Å²) >= 11 is 0. The third-order valence-corrected chi connectivity index (χ3v) is 4.86. The highest BCUT2D eigenvalue weighted by atomic mass is 16.4. The first-order chi connectivity index (χ1) is 14.8. The normalized spacial score (nSPS) is 11.9. The van der Waals surface area contributed by atoms with Crippen LogP contribution in [0.1, 0.15) is 44.5 Å². The molecule has 6 heteroatoms. The van der Waals surface area contributed by atoms with Crippen LogP contribution in [0.5, 0.6) is 0 Å². The van der Waals surface area contributed by atoms with Crippen molar-refractivity contribution in [1.82, 2.24) is 9.88 Å². The molecule has 0 saturated carbocycles. The number of amides is 1. The Morgan fingerprint density at radius 2 is 1.77 bits per heavy atom. The maximum absolute atomic E-state index is 12.8. The van der Waals surface area contributed by atoms with E-state index in [1.165, 1.54) is 6.92 Å². The number of aliphatic carboxylic acids is 1. The Bertz CT molecular complexity index is 1130. The maximum Gasteiger partial charge on any atom is 0.325 e. The smallest absolute Gasteiger partial charge is 0.325 e. The van der Waals surface area contributed by atoms with Crippen LogP contribution in [-0.4, -0.2) is 33.4 Å². The second-order valence-corrected chi connectivity index (χ2v) is 7.30. The largest absolute Gasteiger partial charge is 0.480 e. The lowest BCUT2D eigenvalue weighted by Gasteiger charge is -2.09. The molecule has 0 fully saturated rings. The molecule has 6 nitrogen and oxygen atoms in total. The average molecular weight is 416 g/mol. The summed E-state index contributed by atoms with van der Waals surface area (Å²) in [5.74, 6) is -1.57. The summed E-state index contributed by atoms with van der Waals surface area (Å²) in [6, 6.07) is 17.1. The third-order valence-electron chi connectivity index (χ3n) is 4.86. The zero-order valence-electron chi connectivity index (χ0n) is 17.4. The van der Waals surface area contributed by atoms with E-state index in [1.807, 2.05) is 66.2 Å². The van der Waals surface area contributed by atoms with Crippen LogP contribution in [0.4, 0.5) is 0 Å². The first-order valence-electron chi connectivity index (χ1n) is 9.92. The van der Waals surface area contributed by atoms with Crippen LogP contribution in [-0.2, 0) is 11.3 Å². The van der Waals surface area contributed by atoms with Gasteiger partial charge in [0, 0.05) is 23.9 Å². The van der Waals surface area contributed by atoms with Gasteiger partial charge in [0.2, 0.25) is 5.78 Å². The Hall–Kier alpha value is -3.93. The lowest BCUT2D eigenvalue weighted by Crippen LogP contribution is -2.38. The maximum atomic E-state index is 12.8. The predicted molar refractivity (Wildman–Crippen MR) is 119 cm³/mol. The van der Waals surface area contributed by atoms with Gasteiger partial charge in [-0.25, -0.2) is 0 Å². The van der Waals surface area contributed by atoms with E-state index in [2.05, 4.69) is 5.32 Å². The highest BCUT2D eigenvalue weighted by molar-refractivity contribution is 6.08. The van der Waals surface area contributed by atoms with Crippen LogP contribution in [0, 0.1) is 6.92 Å². The standard InChI is InChI=1S/C25H24N2O4/c1-17-10-12-20(13-11-17)23(28)22-9-5-15-27(22)14-4-7-19-6-3-8-21(16-19)24(29)26-18(2)25(30)31/h3-13,15-16,18H,14H2,1-2H3,(H,26,29)(H,30,31)/b7-4+/t18-/m0/s1. The van der Waals surface area contributed by atoms with Crippen LogP contribution in [0.2, 0.25) is 0 Å². The molecule has 1 atom stereocenters. The van der Waals surface area contributed by atoms with Gasteiger partial charge >= 0.3 is 5.97 Å². The average Bonchev–Trinajstić information content (AvgIpc) is 3.22. The Balaban J connectivity index is 1.69. The molecule has 3 rings (SSSR count). The van der Waals surface area contributed by atoms with Crippen LogP contribution in [0.15, 0.2) is 72.9 Å². The monoisotopic (exact) mass is 416 g/mol. The van der Waals surface area contributed by atoms with Gasteiger partial charge in [-0.2, -0.15) is 0 Å². The summed E-state index contributed by atoms with van der Waals surface area (Å²) in [5, 5.41) is 11.4. The number of carbonyl (C=O) groups is 3. The number of nitrogens with zero attached hydrogens (tertiary/aromatic N) is 1. The van der Waals surface area contributed by atoms with Crippen LogP contribution < -0.4 is 5.32 Å². The van der Waals surface area contributed by atoms with Crippen molar-refractivity contribution in [3.8, 4) is 0 Å². The molecule has 2 N–H and O–H groups in total. The van der Waals surface area contributed by atoms with Crippen molar-refractivity contribution < 1.29 is 19.5 Å². The number of carboxylic acid groups (broad SMARTS) is 1. The second-order valence-electron chi connectivity index (χ2n) is 7.30. The highest BCUT2D eigenvalue weighted by Crippen LogP contribution is 2.13. The molecule has 1 aromatic heterocycles. The molecule has 0 aliphatic heterocycles.